The van der Waals surface area contributed by atoms with Crippen molar-refractivity contribution in [1.29, 1.82) is 0 Å². The van der Waals surface area contributed by atoms with E-state index in [9.17, 15) is 21.6 Å². The minimum Gasteiger partial charge on any atom is -0.309 e. The first-order valence-corrected chi connectivity index (χ1v) is 8.09. The van der Waals surface area contributed by atoms with Gasteiger partial charge in [-0.05, 0) is 18.6 Å². The molecule has 0 heterocycles. The summed E-state index contributed by atoms with van der Waals surface area (Å²) < 4.78 is 61.2. The van der Waals surface area contributed by atoms with Gasteiger partial charge in [-0.1, -0.05) is 25.1 Å². The van der Waals surface area contributed by atoms with Crippen molar-refractivity contribution in [3.8, 4) is 0 Å². The van der Waals surface area contributed by atoms with Gasteiger partial charge < -0.3 is 5.32 Å². The van der Waals surface area contributed by atoms with Crippen LogP contribution < -0.4 is 5.32 Å². The Bertz CT molecular complexity index is 541. The number of halogens is 3. The highest BCUT2D eigenvalue weighted by Gasteiger charge is 2.34. The highest BCUT2D eigenvalue weighted by Crippen LogP contribution is 2.34. The van der Waals surface area contributed by atoms with Gasteiger partial charge in [-0.25, -0.2) is 8.42 Å². The second kappa shape index (κ2) is 6.58. The summed E-state index contributed by atoms with van der Waals surface area (Å²) >= 11 is 0. The third-order valence-electron chi connectivity index (χ3n) is 3.04. The van der Waals surface area contributed by atoms with Gasteiger partial charge in [0.25, 0.3) is 0 Å². The summed E-state index contributed by atoms with van der Waals surface area (Å²) in [6.07, 6.45) is -4.41. The van der Waals surface area contributed by atoms with Crippen molar-refractivity contribution < 1.29 is 21.6 Å². The molecular weight excluding hydrogens is 291 g/mol. The van der Waals surface area contributed by atoms with Gasteiger partial charge in [0.15, 0.2) is 9.84 Å². The lowest BCUT2D eigenvalue weighted by Crippen LogP contribution is -2.27. The van der Waals surface area contributed by atoms with Crippen molar-refractivity contribution in [1.82, 2.24) is 5.32 Å². The molecule has 0 aliphatic carbocycles. The first-order chi connectivity index (χ1) is 9.17. The van der Waals surface area contributed by atoms with Gasteiger partial charge in [0.05, 0.1) is 11.3 Å². The summed E-state index contributed by atoms with van der Waals surface area (Å²) in [6.45, 7) is 3.25. The highest BCUT2D eigenvalue weighted by molar-refractivity contribution is 7.91. The van der Waals surface area contributed by atoms with Crippen molar-refractivity contribution in [2.75, 3.05) is 18.1 Å². The number of sulfone groups is 1. The Balaban J connectivity index is 2.76. The fourth-order valence-electron chi connectivity index (χ4n) is 1.82. The van der Waals surface area contributed by atoms with E-state index in [4.69, 9.17) is 0 Å². The summed E-state index contributed by atoms with van der Waals surface area (Å²) in [7, 11) is -3.12. The molecule has 114 valence electrons. The predicted molar refractivity (Wildman–Crippen MR) is 72.2 cm³/mol. The van der Waals surface area contributed by atoms with E-state index in [1.165, 1.54) is 25.1 Å². The van der Waals surface area contributed by atoms with E-state index < -0.39 is 27.6 Å². The largest absolute Gasteiger partial charge is 0.416 e. The molecule has 0 saturated carbocycles. The van der Waals surface area contributed by atoms with E-state index >= 15 is 0 Å². The smallest absolute Gasteiger partial charge is 0.309 e. The van der Waals surface area contributed by atoms with Gasteiger partial charge in [0.1, 0.15) is 0 Å². The fraction of sp³-hybridized carbons (Fsp3) is 0.538. The summed E-state index contributed by atoms with van der Waals surface area (Å²) in [4.78, 5) is 0. The molecule has 0 amide bonds. The molecular formula is C13H18F3NO2S. The quantitative estimate of drug-likeness (QED) is 0.879. The van der Waals surface area contributed by atoms with Gasteiger partial charge in [0.2, 0.25) is 0 Å². The number of nitrogens with one attached hydrogen (secondary N) is 1. The van der Waals surface area contributed by atoms with Crippen molar-refractivity contribution >= 4 is 9.84 Å². The van der Waals surface area contributed by atoms with Crippen LogP contribution in [0.2, 0.25) is 0 Å². The van der Waals surface area contributed by atoms with Crippen LogP contribution in [0.25, 0.3) is 0 Å². The number of hydrogen-bond acceptors (Lipinski definition) is 3. The molecule has 0 aliphatic rings. The number of rotatable bonds is 6. The van der Waals surface area contributed by atoms with Gasteiger partial charge in [-0.15, -0.1) is 0 Å². The molecule has 7 heteroatoms. The molecule has 0 saturated heterocycles. The summed E-state index contributed by atoms with van der Waals surface area (Å²) in [6, 6.07) is 4.72. The minimum absolute atomic E-state index is 0.0300. The van der Waals surface area contributed by atoms with Crippen LogP contribution in [0.1, 0.15) is 31.0 Å². The summed E-state index contributed by atoms with van der Waals surface area (Å²) in [5, 5.41) is 2.82. The fourth-order valence-corrected chi connectivity index (χ4v) is 2.54. The average molecular weight is 309 g/mol. The van der Waals surface area contributed by atoms with Crippen LogP contribution >= 0.6 is 0 Å². The second-order valence-electron chi connectivity index (χ2n) is 4.50. The summed E-state index contributed by atoms with van der Waals surface area (Å²) in [5.74, 6) is -0.0514. The van der Waals surface area contributed by atoms with Gasteiger partial charge in [-0.2, -0.15) is 13.2 Å². The molecule has 0 spiro atoms. The van der Waals surface area contributed by atoms with Crippen LogP contribution in [-0.2, 0) is 16.0 Å². The van der Waals surface area contributed by atoms with Gasteiger partial charge in [-0.3, -0.25) is 0 Å². The SMILES string of the molecule is CCS(=O)(=O)CCN[C@H](C)c1ccccc1C(F)(F)F. The maximum absolute atomic E-state index is 12.9. The molecule has 3 nitrogen and oxygen atoms in total. The Morgan fingerprint density at radius 2 is 1.85 bits per heavy atom. The Morgan fingerprint density at radius 3 is 2.40 bits per heavy atom. The molecule has 0 aliphatic heterocycles. The van der Waals surface area contributed by atoms with E-state index in [0.29, 0.717) is 0 Å². The minimum atomic E-state index is -4.41. The maximum Gasteiger partial charge on any atom is 0.416 e. The number of alkyl halides is 3. The third kappa shape index (κ3) is 4.79. The maximum atomic E-state index is 12.9. The molecule has 0 bridgehead atoms. The number of benzene rings is 1. The standard InChI is InChI=1S/C13H18F3NO2S/c1-3-20(18,19)9-8-17-10(2)11-6-4-5-7-12(11)13(14,15)16/h4-7,10,17H,3,8-9H2,1-2H3/t10-/m1/s1. The topological polar surface area (TPSA) is 46.2 Å². The van der Waals surface area contributed by atoms with E-state index in [0.717, 1.165) is 6.07 Å². The molecule has 1 aromatic carbocycles. The van der Waals surface area contributed by atoms with E-state index in [1.807, 2.05) is 0 Å². The predicted octanol–water partition coefficient (Wildman–Crippen LogP) is 2.79. The molecule has 1 rings (SSSR count). The number of hydrogen-bond donors (Lipinski definition) is 1. The van der Waals surface area contributed by atoms with E-state index in [2.05, 4.69) is 5.32 Å². The lowest BCUT2D eigenvalue weighted by atomic mass is 10.0. The average Bonchev–Trinajstić information content (AvgIpc) is 2.37. The Hall–Kier alpha value is -1.08. The molecule has 0 fully saturated rings. The summed E-state index contributed by atoms with van der Waals surface area (Å²) in [5.41, 5.74) is -0.577. The van der Waals surface area contributed by atoms with Crippen LogP contribution in [0, 0.1) is 0 Å². The zero-order valence-corrected chi connectivity index (χ0v) is 12.2. The van der Waals surface area contributed by atoms with Crippen LogP contribution in [0.4, 0.5) is 13.2 Å². The molecule has 1 atom stereocenters. The lowest BCUT2D eigenvalue weighted by molar-refractivity contribution is -0.138. The Morgan fingerprint density at radius 1 is 1.25 bits per heavy atom. The monoisotopic (exact) mass is 309 g/mol. The second-order valence-corrected chi connectivity index (χ2v) is 6.97. The van der Waals surface area contributed by atoms with Crippen LogP contribution in [0.3, 0.4) is 0 Å². The molecule has 1 N–H and O–H groups in total. The van der Waals surface area contributed by atoms with Gasteiger partial charge >= 0.3 is 6.18 Å². The normalized spacial score (nSPS) is 14.2. The zero-order chi connectivity index (χ0) is 15.4. The van der Waals surface area contributed by atoms with Crippen molar-refractivity contribution in [3.63, 3.8) is 0 Å². The highest BCUT2D eigenvalue weighted by atomic mass is 32.2. The molecule has 0 aromatic heterocycles. The molecule has 1 aromatic rings. The lowest BCUT2D eigenvalue weighted by Gasteiger charge is -2.19. The Kier molecular flexibility index (Phi) is 5.59. The van der Waals surface area contributed by atoms with Crippen LogP contribution in [0.5, 0.6) is 0 Å². The Labute approximate surface area is 117 Å². The van der Waals surface area contributed by atoms with Gasteiger partial charge in [0, 0.05) is 18.3 Å². The van der Waals surface area contributed by atoms with Crippen LogP contribution in [0.15, 0.2) is 24.3 Å². The first-order valence-electron chi connectivity index (χ1n) is 6.27. The first kappa shape index (κ1) is 17.0. The zero-order valence-electron chi connectivity index (χ0n) is 11.4. The molecule has 0 unspecified atom stereocenters. The van der Waals surface area contributed by atoms with Crippen LogP contribution in [-0.4, -0.2) is 26.5 Å². The van der Waals surface area contributed by atoms with Crippen molar-refractivity contribution in [2.24, 2.45) is 0 Å². The third-order valence-corrected chi connectivity index (χ3v) is 4.74. The van der Waals surface area contributed by atoms with E-state index in [1.54, 1.807) is 6.92 Å². The molecule has 0 radical (unpaired) electrons. The van der Waals surface area contributed by atoms with E-state index in [-0.39, 0.29) is 23.6 Å². The molecule has 20 heavy (non-hydrogen) atoms. The van der Waals surface area contributed by atoms with Crippen molar-refractivity contribution in [3.05, 3.63) is 35.4 Å². The van der Waals surface area contributed by atoms with Crippen molar-refractivity contribution in [2.45, 2.75) is 26.1 Å².